The highest BCUT2D eigenvalue weighted by Gasteiger charge is 2.30. The number of H-pyrrole nitrogens is 1. The first-order valence-corrected chi connectivity index (χ1v) is 15.5. The molecule has 0 saturated heterocycles. The Kier molecular flexibility index (Phi) is 8.13. The molecule has 4 rings (SSSR count). The lowest BCUT2D eigenvalue weighted by molar-refractivity contribution is -0.137. The first-order valence-electron chi connectivity index (χ1n) is 11.2. The molecular formula is C24H20ClF3N4O5S3. The van der Waals surface area contributed by atoms with Gasteiger partial charge in [-0.25, -0.2) is 17.9 Å². The van der Waals surface area contributed by atoms with Gasteiger partial charge in [0.1, 0.15) is 4.90 Å². The number of nitrogens with zero attached hydrogens (tertiary/aromatic N) is 2. The monoisotopic (exact) mass is 632 g/mol. The van der Waals surface area contributed by atoms with E-state index in [0.29, 0.717) is 5.56 Å². The van der Waals surface area contributed by atoms with E-state index in [2.05, 4.69) is 14.8 Å². The van der Waals surface area contributed by atoms with Crippen molar-refractivity contribution >= 4 is 49.4 Å². The quantitative estimate of drug-likeness (QED) is 0.256. The van der Waals surface area contributed by atoms with Crippen LogP contribution >= 0.6 is 23.4 Å². The van der Waals surface area contributed by atoms with E-state index in [4.69, 9.17) is 11.6 Å². The van der Waals surface area contributed by atoms with Gasteiger partial charge in [0.2, 0.25) is 5.95 Å². The van der Waals surface area contributed by atoms with E-state index in [9.17, 15) is 34.8 Å². The average Bonchev–Trinajstić information content (AvgIpc) is 3.24. The van der Waals surface area contributed by atoms with Gasteiger partial charge in [-0.3, -0.25) is 4.98 Å². The number of benzene rings is 3. The summed E-state index contributed by atoms with van der Waals surface area (Å²) in [6, 6.07) is 12.8. The molecule has 0 aliphatic carbocycles. The fourth-order valence-corrected chi connectivity index (χ4v) is 7.35. The van der Waals surface area contributed by atoms with Crippen molar-refractivity contribution in [1.29, 1.82) is 0 Å². The number of aromatic amines is 1. The molecule has 0 fully saturated rings. The predicted molar refractivity (Wildman–Crippen MR) is 145 cm³/mol. The van der Waals surface area contributed by atoms with E-state index < -0.39 is 43.4 Å². The van der Waals surface area contributed by atoms with Gasteiger partial charge >= 0.3 is 11.9 Å². The van der Waals surface area contributed by atoms with Gasteiger partial charge in [-0.1, -0.05) is 51.6 Å². The Morgan fingerprint density at radius 1 is 1.02 bits per heavy atom. The van der Waals surface area contributed by atoms with Crippen LogP contribution in [-0.2, 0) is 32.0 Å². The number of hydrogen-bond donors (Lipinski definition) is 2. The fraction of sp³-hybridized carbons (Fsp3) is 0.167. The number of alkyl halides is 3. The third kappa shape index (κ3) is 6.37. The summed E-state index contributed by atoms with van der Waals surface area (Å²) in [4.78, 5) is 14.0. The first kappa shape index (κ1) is 29.7. The maximum absolute atomic E-state index is 13.3. The maximum Gasteiger partial charge on any atom is 0.416 e. The second-order valence-electron chi connectivity index (χ2n) is 8.58. The summed E-state index contributed by atoms with van der Waals surface area (Å²) in [5.74, 6) is -0.686. The van der Waals surface area contributed by atoms with E-state index >= 15 is 0 Å². The van der Waals surface area contributed by atoms with Gasteiger partial charge in [0.15, 0.2) is 0 Å². The van der Waals surface area contributed by atoms with Crippen LogP contribution in [0.25, 0.3) is 0 Å². The number of hydrogen-bond acceptors (Lipinski definition) is 7. The number of aryl methyl sites for hydroxylation is 2. The van der Waals surface area contributed by atoms with Gasteiger partial charge in [-0.05, 0) is 55.3 Å². The topological polar surface area (TPSA) is 131 Å². The Labute approximate surface area is 236 Å². The highest BCUT2D eigenvalue weighted by molar-refractivity contribution is 7.99. The Morgan fingerprint density at radius 3 is 2.35 bits per heavy atom. The van der Waals surface area contributed by atoms with Crippen LogP contribution in [-0.4, -0.2) is 31.0 Å². The highest BCUT2D eigenvalue weighted by atomic mass is 35.5. The molecule has 0 atom stereocenters. The van der Waals surface area contributed by atoms with Crippen LogP contribution in [0.4, 0.5) is 19.1 Å². The Balaban J connectivity index is 1.65. The Bertz CT molecular complexity index is 1850. The van der Waals surface area contributed by atoms with Crippen LogP contribution in [0.15, 0.2) is 80.1 Å². The van der Waals surface area contributed by atoms with Crippen molar-refractivity contribution in [3.63, 3.8) is 0 Å². The molecule has 0 aliphatic rings. The average molecular weight is 633 g/mol. The summed E-state index contributed by atoms with van der Waals surface area (Å²) in [6.45, 7) is 3.29. The van der Waals surface area contributed by atoms with Crippen molar-refractivity contribution in [3.8, 4) is 0 Å². The van der Waals surface area contributed by atoms with Gasteiger partial charge in [-0.15, -0.1) is 16.9 Å². The molecule has 0 unspecified atom stereocenters. The van der Waals surface area contributed by atoms with Gasteiger partial charge in [0.05, 0.1) is 10.5 Å². The molecule has 212 valence electrons. The van der Waals surface area contributed by atoms with E-state index in [1.54, 1.807) is 13.8 Å². The van der Waals surface area contributed by atoms with Crippen LogP contribution in [0.1, 0.15) is 22.3 Å². The highest BCUT2D eigenvalue weighted by Crippen LogP contribution is 2.36. The summed E-state index contributed by atoms with van der Waals surface area (Å²) >= 11 is 7.12. The van der Waals surface area contributed by atoms with Crippen molar-refractivity contribution in [1.82, 2.24) is 14.2 Å². The van der Waals surface area contributed by atoms with Crippen LogP contribution < -0.4 is 10.4 Å². The molecule has 0 spiro atoms. The molecule has 1 aromatic heterocycles. The molecule has 0 saturated carbocycles. The van der Waals surface area contributed by atoms with E-state index in [0.717, 1.165) is 29.5 Å². The third-order valence-corrected chi connectivity index (χ3v) is 10.1. The molecule has 16 heteroatoms. The zero-order valence-electron chi connectivity index (χ0n) is 20.7. The predicted octanol–water partition coefficient (Wildman–Crippen LogP) is 5.19. The van der Waals surface area contributed by atoms with E-state index in [1.165, 1.54) is 48.5 Å². The molecule has 4 aromatic rings. The minimum Gasteiger partial charge on any atom is -0.273 e. The molecule has 9 nitrogen and oxygen atoms in total. The summed E-state index contributed by atoms with van der Waals surface area (Å²) in [6.07, 6.45) is -4.54. The molecule has 1 heterocycles. The lowest BCUT2D eigenvalue weighted by Crippen LogP contribution is -2.26. The number of halogens is 4. The van der Waals surface area contributed by atoms with Crippen LogP contribution in [0, 0.1) is 13.8 Å². The molecule has 0 radical (unpaired) electrons. The molecule has 0 amide bonds. The second-order valence-corrected chi connectivity index (χ2v) is 13.4. The second kappa shape index (κ2) is 11.0. The normalized spacial score (nSPS) is 12.4. The minimum absolute atomic E-state index is 0.0217. The van der Waals surface area contributed by atoms with Crippen molar-refractivity contribution < 1.29 is 30.0 Å². The number of thioether (sulfide) groups is 1. The Morgan fingerprint density at radius 2 is 1.70 bits per heavy atom. The standard InChI is InChI=1S/C24H20ClF3N4O5S3/c1-14-6-8-18(9-7-14)40(36,37)32-23(33)29-22(30-32)31-39(34,35)21-10-15(2)19(25)12-20(21)38-13-16-4-3-5-17(11-16)24(26,27)28/h3-12H,13H2,1-2H3,(H2,29,30,31,33). The SMILES string of the molecule is Cc1ccc(S(=O)(=O)n2nc(NS(=O)(=O)c3cc(C)c(Cl)cc3SCc3cccc(C(F)(F)F)c3)[nH]c2=O)cc1. The molecule has 40 heavy (non-hydrogen) atoms. The lowest BCUT2D eigenvalue weighted by atomic mass is 10.1. The number of anilines is 1. The number of nitrogens with one attached hydrogen (secondary N) is 2. The summed E-state index contributed by atoms with van der Waals surface area (Å²) in [7, 11) is -8.92. The molecule has 0 bridgehead atoms. The first-order chi connectivity index (χ1) is 18.6. The maximum atomic E-state index is 13.3. The van der Waals surface area contributed by atoms with E-state index in [-0.39, 0.29) is 35.1 Å². The van der Waals surface area contributed by atoms with Crippen molar-refractivity contribution in [3.05, 3.63) is 98.4 Å². The van der Waals surface area contributed by atoms with Crippen LogP contribution in [0.5, 0.6) is 0 Å². The largest absolute Gasteiger partial charge is 0.416 e. The third-order valence-electron chi connectivity index (χ3n) is 5.53. The summed E-state index contributed by atoms with van der Waals surface area (Å²) < 4.78 is 93.8. The summed E-state index contributed by atoms with van der Waals surface area (Å²) in [5, 5.41) is 3.83. The lowest BCUT2D eigenvalue weighted by Gasteiger charge is -2.13. The molecular weight excluding hydrogens is 613 g/mol. The minimum atomic E-state index is -4.54. The molecule has 2 N–H and O–H groups in total. The van der Waals surface area contributed by atoms with Crippen molar-refractivity contribution in [2.75, 3.05) is 4.72 Å². The zero-order chi connectivity index (χ0) is 29.5. The van der Waals surface area contributed by atoms with Crippen molar-refractivity contribution in [2.24, 2.45) is 0 Å². The Hall–Kier alpha value is -3.27. The molecule has 3 aromatic carbocycles. The number of aromatic nitrogens is 3. The molecule has 0 aliphatic heterocycles. The number of sulfonamides is 1. The van der Waals surface area contributed by atoms with E-state index in [1.807, 2.05) is 0 Å². The van der Waals surface area contributed by atoms with Gasteiger partial charge in [0.25, 0.3) is 20.0 Å². The number of rotatable bonds is 8. The van der Waals surface area contributed by atoms with Crippen molar-refractivity contribution in [2.45, 2.75) is 40.5 Å². The van der Waals surface area contributed by atoms with Crippen LogP contribution in [0.2, 0.25) is 5.02 Å². The smallest absolute Gasteiger partial charge is 0.273 e. The van der Waals surface area contributed by atoms with Gasteiger partial charge < -0.3 is 0 Å². The van der Waals surface area contributed by atoms with Gasteiger partial charge in [0, 0.05) is 15.7 Å². The van der Waals surface area contributed by atoms with Gasteiger partial charge in [-0.2, -0.15) is 21.6 Å². The van der Waals surface area contributed by atoms with Crippen LogP contribution in [0.3, 0.4) is 0 Å². The fourth-order valence-electron chi connectivity index (χ4n) is 3.47. The zero-order valence-corrected chi connectivity index (χ0v) is 23.9. The summed E-state index contributed by atoms with van der Waals surface area (Å²) in [5.41, 5.74) is -0.600.